The van der Waals surface area contributed by atoms with Crippen molar-refractivity contribution in [2.24, 2.45) is 0 Å². The Morgan fingerprint density at radius 2 is 1.06 bits per heavy atom. The summed E-state index contributed by atoms with van der Waals surface area (Å²) in [4.78, 5) is 12.0. The zero-order chi connectivity index (χ0) is 23.5. The Kier molecular flexibility index (Phi) is 26.1. The minimum Gasteiger partial charge on any atom is -0.394 e. The molecule has 1 unspecified atom stereocenters. The highest BCUT2D eigenvalue weighted by molar-refractivity contribution is 5.75. The van der Waals surface area contributed by atoms with E-state index in [1.165, 1.54) is 109 Å². The lowest BCUT2D eigenvalue weighted by Crippen LogP contribution is -2.35. The number of nitrogens with one attached hydrogen (secondary N) is 1. The van der Waals surface area contributed by atoms with E-state index in [1.807, 2.05) is 0 Å². The van der Waals surface area contributed by atoms with Gasteiger partial charge < -0.3 is 15.2 Å². The van der Waals surface area contributed by atoms with Crippen LogP contribution in [-0.4, -0.2) is 36.9 Å². The Bertz CT molecular complexity index is 376. The molecule has 0 spiro atoms. The van der Waals surface area contributed by atoms with E-state index in [9.17, 15) is 9.90 Å². The summed E-state index contributed by atoms with van der Waals surface area (Å²) in [7, 11) is 0. The molecule has 192 valence electrons. The first-order chi connectivity index (χ1) is 15.7. The fourth-order valence-corrected chi connectivity index (χ4v) is 4.10. The maximum Gasteiger partial charge on any atom is 0.220 e. The fraction of sp³-hybridized carbons (Fsp3) is 0.964. The maximum absolute atomic E-state index is 12.0. The largest absolute Gasteiger partial charge is 0.394 e. The van der Waals surface area contributed by atoms with Gasteiger partial charge in [0.25, 0.3) is 0 Å². The number of rotatable bonds is 26. The lowest BCUT2D eigenvalue weighted by atomic mass is 10.0. The molecule has 2 N–H and O–H groups in total. The van der Waals surface area contributed by atoms with Crippen LogP contribution < -0.4 is 5.32 Å². The van der Waals surface area contributed by atoms with E-state index < -0.39 is 0 Å². The second kappa shape index (κ2) is 26.6. The van der Waals surface area contributed by atoms with Crippen molar-refractivity contribution < 1.29 is 14.6 Å². The summed E-state index contributed by atoms with van der Waals surface area (Å²) in [5.41, 5.74) is 0. The van der Waals surface area contributed by atoms with E-state index >= 15 is 0 Å². The van der Waals surface area contributed by atoms with Crippen LogP contribution in [-0.2, 0) is 9.53 Å². The van der Waals surface area contributed by atoms with Crippen LogP contribution in [0, 0.1) is 0 Å². The number of carbonyl (C=O) groups excluding carboxylic acids is 1. The van der Waals surface area contributed by atoms with E-state index in [4.69, 9.17) is 4.74 Å². The maximum atomic E-state index is 12.0. The Labute approximate surface area is 200 Å². The standard InChI is InChI=1S/C28H57NO3/c1-3-5-7-9-10-11-12-13-14-15-16-17-18-19-21-23-28(31)29-25-27(26-30)32-24-22-20-8-6-4-2/h27,30H,3-26H2,1-2H3,(H,29,31). The number of aliphatic hydroxyl groups is 1. The lowest BCUT2D eigenvalue weighted by Gasteiger charge is -2.16. The van der Waals surface area contributed by atoms with Crippen molar-refractivity contribution in [3.05, 3.63) is 0 Å². The molecule has 1 atom stereocenters. The third-order valence-corrected chi connectivity index (χ3v) is 6.34. The van der Waals surface area contributed by atoms with Crippen LogP contribution in [0.25, 0.3) is 0 Å². The molecule has 0 heterocycles. The van der Waals surface area contributed by atoms with Gasteiger partial charge in [-0.05, 0) is 12.8 Å². The molecule has 0 aromatic heterocycles. The average Bonchev–Trinajstić information content (AvgIpc) is 2.80. The molecule has 0 radical (unpaired) electrons. The molecule has 4 nitrogen and oxygen atoms in total. The summed E-state index contributed by atoms with van der Waals surface area (Å²) in [6, 6.07) is 0. The van der Waals surface area contributed by atoms with Crippen LogP contribution in [0.5, 0.6) is 0 Å². The minimum absolute atomic E-state index is 0.0335. The first-order valence-electron chi connectivity index (χ1n) is 14.2. The zero-order valence-corrected chi connectivity index (χ0v) is 21.8. The Balaban J connectivity index is 3.36. The van der Waals surface area contributed by atoms with E-state index in [0.717, 1.165) is 19.3 Å². The minimum atomic E-state index is -0.272. The number of unbranched alkanes of at least 4 members (excludes halogenated alkanes) is 18. The number of hydrogen-bond acceptors (Lipinski definition) is 3. The van der Waals surface area contributed by atoms with E-state index in [0.29, 0.717) is 19.6 Å². The van der Waals surface area contributed by atoms with Crippen molar-refractivity contribution in [2.45, 2.75) is 155 Å². The first-order valence-corrected chi connectivity index (χ1v) is 14.2. The van der Waals surface area contributed by atoms with E-state index in [-0.39, 0.29) is 18.6 Å². The molecular formula is C28H57NO3. The number of aliphatic hydroxyl groups excluding tert-OH is 1. The van der Waals surface area contributed by atoms with Crippen LogP contribution >= 0.6 is 0 Å². The number of ether oxygens (including phenoxy) is 1. The molecule has 0 saturated heterocycles. The second-order valence-electron chi connectivity index (χ2n) is 9.59. The summed E-state index contributed by atoms with van der Waals surface area (Å²) in [5.74, 6) is 0.0877. The Morgan fingerprint density at radius 1 is 0.656 bits per heavy atom. The fourth-order valence-electron chi connectivity index (χ4n) is 4.10. The monoisotopic (exact) mass is 455 g/mol. The van der Waals surface area contributed by atoms with Crippen molar-refractivity contribution in [2.75, 3.05) is 19.8 Å². The Morgan fingerprint density at radius 3 is 1.50 bits per heavy atom. The molecule has 0 saturated carbocycles. The van der Waals surface area contributed by atoms with Crippen molar-refractivity contribution in [3.63, 3.8) is 0 Å². The molecule has 0 fully saturated rings. The molecule has 1 amide bonds. The van der Waals surface area contributed by atoms with Crippen molar-refractivity contribution in [3.8, 4) is 0 Å². The summed E-state index contributed by atoms with van der Waals surface area (Å²) in [6.07, 6.45) is 26.3. The lowest BCUT2D eigenvalue weighted by molar-refractivity contribution is -0.122. The quantitative estimate of drug-likeness (QED) is 0.131. The molecule has 0 aliphatic carbocycles. The van der Waals surface area contributed by atoms with Crippen LogP contribution in [0.1, 0.15) is 149 Å². The van der Waals surface area contributed by atoms with Crippen molar-refractivity contribution in [1.82, 2.24) is 5.32 Å². The Hall–Kier alpha value is -0.610. The molecule has 0 aromatic carbocycles. The molecule has 0 rings (SSSR count). The predicted octanol–water partition coefficient (Wildman–Crippen LogP) is 7.71. The number of carbonyl (C=O) groups is 1. The zero-order valence-electron chi connectivity index (χ0n) is 21.8. The van der Waals surface area contributed by atoms with Gasteiger partial charge in [-0.15, -0.1) is 0 Å². The molecule has 0 aliphatic rings. The number of hydrogen-bond donors (Lipinski definition) is 2. The van der Waals surface area contributed by atoms with Gasteiger partial charge in [0.05, 0.1) is 12.7 Å². The van der Waals surface area contributed by atoms with Gasteiger partial charge in [-0.1, -0.05) is 129 Å². The topological polar surface area (TPSA) is 58.6 Å². The molecular weight excluding hydrogens is 398 g/mol. The highest BCUT2D eigenvalue weighted by atomic mass is 16.5. The van der Waals surface area contributed by atoms with Gasteiger partial charge in [0.2, 0.25) is 5.91 Å². The van der Waals surface area contributed by atoms with Gasteiger partial charge in [0, 0.05) is 19.6 Å². The van der Waals surface area contributed by atoms with Gasteiger partial charge in [-0.2, -0.15) is 0 Å². The van der Waals surface area contributed by atoms with Crippen LogP contribution in [0.3, 0.4) is 0 Å². The van der Waals surface area contributed by atoms with Gasteiger partial charge in [0.15, 0.2) is 0 Å². The van der Waals surface area contributed by atoms with Crippen molar-refractivity contribution >= 4 is 5.91 Å². The first kappa shape index (κ1) is 31.4. The highest BCUT2D eigenvalue weighted by Gasteiger charge is 2.09. The smallest absolute Gasteiger partial charge is 0.220 e. The van der Waals surface area contributed by atoms with E-state index in [1.54, 1.807) is 0 Å². The van der Waals surface area contributed by atoms with Crippen LogP contribution in [0.15, 0.2) is 0 Å². The molecule has 32 heavy (non-hydrogen) atoms. The van der Waals surface area contributed by atoms with Gasteiger partial charge in [-0.25, -0.2) is 0 Å². The second-order valence-corrected chi connectivity index (χ2v) is 9.59. The summed E-state index contributed by atoms with van der Waals surface area (Å²) in [5, 5.41) is 12.3. The SMILES string of the molecule is CCCCCCCCCCCCCCCCCC(=O)NCC(CO)OCCCCCCC. The summed E-state index contributed by atoms with van der Waals surface area (Å²) < 4.78 is 5.69. The average molecular weight is 456 g/mol. The molecule has 0 aromatic rings. The molecule has 0 bridgehead atoms. The van der Waals surface area contributed by atoms with Crippen LogP contribution in [0.4, 0.5) is 0 Å². The van der Waals surface area contributed by atoms with Crippen LogP contribution in [0.2, 0.25) is 0 Å². The summed E-state index contributed by atoms with van der Waals surface area (Å²) >= 11 is 0. The number of amides is 1. The van der Waals surface area contributed by atoms with Gasteiger partial charge in [0.1, 0.15) is 0 Å². The van der Waals surface area contributed by atoms with Crippen molar-refractivity contribution in [1.29, 1.82) is 0 Å². The predicted molar refractivity (Wildman–Crippen MR) is 138 cm³/mol. The normalized spacial score (nSPS) is 12.2. The van der Waals surface area contributed by atoms with Gasteiger partial charge in [-0.3, -0.25) is 4.79 Å². The third kappa shape index (κ3) is 24.0. The highest BCUT2D eigenvalue weighted by Crippen LogP contribution is 2.13. The van der Waals surface area contributed by atoms with E-state index in [2.05, 4.69) is 19.2 Å². The van der Waals surface area contributed by atoms with Gasteiger partial charge >= 0.3 is 0 Å². The molecule has 4 heteroatoms. The summed E-state index contributed by atoms with van der Waals surface area (Å²) in [6.45, 7) is 5.54. The molecule has 0 aliphatic heterocycles. The third-order valence-electron chi connectivity index (χ3n) is 6.34.